The van der Waals surface area contributed by atoms with Crippen LogP contribution in [-0.2, 0) is 0 Å². The molecule has 0 atom stereocenters. The number of fused-ring (bicyclic) bond motifs is 1. The SMILES string of the molecule is Nc1ncnc2ncn(C(c3ccccc3)c3ccccc3)c12. The second kappa shape index (κ2) is 5.53. The molecule has 0 unspecified atom stereocenters. The maximum atomic E-state index is 6.08. The summed E-state index contributed by atoms with van der Waals surface area (Å²) < 4.78 is 2.04. The molecule has 0 radical (unpaired) electrons. The molecule has 2 heterocycles. The van der Waals surface area contributed by atoms with E-state index in [4.69, 9.17) is 5.73 Å². The number of benzene rings is 2. The quantitative estimate of drug-likeness (QED) is 0.631. The molecule has 112 valence electrons. The van der Waals surface area contributed by atoms with E-state index in [1.54, 1.807) is 6.33 Å². The number of rotatable bonds is 3. The maximum Gasteiger partial charge on any atom is 0.182 e. The average molecular weight is 301 g/mol. The average Bonchev–Trinajstić information content (AvgIpc) is 3.02. The molecule has 0 aliphatic rings. The summed E-state index contributed by atoms with van der Waals surface area (Å²) in [5.41, 5.74) is 9.75. The Labute approximate surface area is 133 Å². The third-order valence-corrected chi connectivity index (χ3v) is 3.90. The molecule has 5 nitrogen and oxygen atoms in total. The second-order valence-electron chi connectivity index (χ2n) is 5.31. The first-order chi connectivity index (χ1) is 11.3. The second-order valence-corrected chi connectivity index (χ2v) is 5.31. The van der Waals surface area contributed by atoms with Gasteiger partial charge in [-0.15, -0.1) is 0 Å². The first-order valence-electron chi connectivity index (χ1n) is 7.37. The van der Waals surface area contributed by atoms with Crippen molar-refractivity contribution >= 4 is 17.0 Å². The van der Waals surface area contributed by atoms with E-state index in [0.29, 0.717) is 11.5 Å². The van der Waals surface area contributed by atoms with Gasteiger partial charge in [0, 0.05) is 0 Å². The molecule has 0 bridgehead atoms. The van der Waals surface area contributed by atoms with Gasteiger partial charge in [0.2, 0.25) is 0 Å². The summed E-state index contributed by atoms with van der Waals surface area (Å²) in [7, 11) is 0. The Morgan fingerprint density at radius 3 is 2.00 bits per heavy atom. The Hall–Kier alpha value is -3.21. The fourth-order valence-corrected chi connectivity index (χ4v) is 2.88. The molecule has 0 saturated heterocycles. The zero-order valence-electron chi connectivity index (χ0n) is 12.4. The third kappa shape index (κ3) is 2.32. The van der Waals surface area contributed by atoms with E-state index < -0.39 is 0 Å². The summed E-state index contributed by atoms with van der Waals surface area (Å²) in [5, 5.41) is 0. The molecule has 23 heavy (non-hydrogen) atoms. The van der Waals surface area contributed by atoms with Crippen molar-refractivity contribution in [2.45, 2.75) is 6.04 Å². The van der Waals surface area contributed by atoms with E-state index in [-0.39, 0.29) is 6.04 Å². The summed E-state index contributed by atoms with van der Waals surface area (Å²) in [4.78, 5) is 12.7. The van der Waals surface area contributed by atoms with E-state index in [2.05, 4.69) is 39.2 Å². The Morgan fingerprint density at radius 2 is 1.39 bits per heavy atom. The van der Waals surface area contributed by atoms with E-state index in [1.165, 1.54) is 6.33 Å². The van der Waals surface area contributed by atoms with Gasteiger partial charge in [0.1, 0.15) is 11.8 Å². The van der Waals surface area contributed by atoms with E-state index in [1.807, 2.05) is 41.0 Å². The third-order valence-electron chi connectivity index (χ3n) is 3.90. The fourth-order valence-electron chi connectivity index (χ4n) is 2.88. The van der Waals surface area contributed by atoms with Gasteiger partial charge in [0.15, 0.2) is 11.5 Å². The lowest BCUT2D eigenvalue weighted by Crippen LogP contribution is -2.12. The molecule has 2 N–H and O–H groups in total. The Morgan fingerprint density at radius 1 is 0.783 bits per heavy atom. The van der Waals surface area contributed by atoms with Crippen molar-refractivity contribution in [2.24, 2.45) is 0 Å². The molecular weight excluding hydrogens is 286 g/mol. The molecule has 0 amide bonds. The molecule has 2 aromatic carbocycles. The summed E-state index contributed by atoms with van der Waals surface area (Å²) in [6.45, 7) is 0. The van der Waals surface area contributed by atoms with Crippen LogP contribution in [0.5, 0.6) is 0 Å². The maximum absolute atomic E-state index is 6.08. The molecular formula is C18H15N5. The zero-order chi connectivity index (χ0) is 15.6. The minimum atomic E-state index is -0.0318. The molecule has 4 aromatic rings. The molecule has 2 aromatic heterocycles. The monoisotopic (exact) mass is 301 g/mol. The lowest BCUT2D eigenvalue weighted by Gasteiger charge is -2.20. The number of nitrogen functional groups attached to an aromatic ring is 1. The van der Waals surface area contributed by atoms with Gasteiger partial charge >= 0.3 is 0 Å². The van der Waals surface area contributed by atoms with Crippen molar-refractivity contribution in [3.05, 3.63) is 84.4 Å². The number of hydrogen-bond donors (Lipinski definition) is 1. The van der Waals surface area contributed by atoms with Crippen LogP contribution in [0, 0.1) is 0 Å². The Bertz CT molecular complexity index is 892. The van der Waals surface area contributed by atoms with Gasteiger partial charge < -0.3 is 10.3 Å². The van der Waals surface area contributed by atoms with Gasteiger partial charge in [-0.05, 0) is 11.1 Å². The number of hydrogen-bond acceptors (Lipinski definition) is 4. The van der Waals surface area contributed by atoms with Crippen molar-refractivity contribution in [3.8, 4) is 0 Å². The van der Waals surface area contributed by atoms with Gasteiger partial charge in [-0.25, -0.2) is 15.0 Å². The number of nitrogens with two attached hydrogens (primary N) is 1. The summed E-state index contributed by atoms with van der Waals surface area (Å²) >= 11 is 0. The molecule has 0 fully saturated rings. The zero-order valence-corrected chi connectivity index (χ0v) is 12.4. The van der Waals surface area contributed by atoms with Crippen LogP contribution in [0.15, 0.2) is 73.3 Å². The van der Waals surface area contributed by atoms with Crippen LogP contribution in [0.3, 0.4) is 0 Å². The normalized spacial score (nSPS) is 11.2. The van der Waals surface area contributed by atoms with Crippen LogP contribution in [0.2, 0.25) is 0 Å². The van der Waals surface area contributed by atoms with E-state index in [0.717, 1.165) is 16.6 Å². The van der Waals surface area contributed by atoms with E-state index >= 15 is 0 Å². The van der Waals surface area contributed by atoms with Crippen LogP contribution in [0.1, 0.15) is 17.2 Å². The molecule has 0 spiro atoms. The predicted octanol–water partition coefficient (Wildman–Crippen LogP) is 3.05. The minimum Gasteiger partial charge on any atom is -0.382 e. The lowest BCUT2D eigenvalue weighted by molar-refractivity contribution is 0.697. The summed E-state index contributed by atoms with van der Waals surface area (Å²) in [6.07, 6.45) is 3.22. The molecule has 0 aliphatic heterocycles. The van der Waals surface area contributed by atoms with Crippen LogP contribution >= 0.6 is 0 Å². The molecule has 0 aliphatic carbocycles. The Balaban J connectivity index is 1.98. The largest absolute Gasteiger partial charge is 0.382 e. The van der Waals surface area contributed by atoms with Gasteiger partial charge in [-0.3, -0.25) is 0 Å². The van der Waals surface area contributed by atoms with Crippen LogP contribution in [-0.4, -0.2) is 19.5 Å². The number of anilines is 1. The first-order valence-corrected chi connectivity index (χ1v) is 7.37. The van der Waals surface area contributed by atoms with Gasteiger partial charge in [-0.1, -0.05) is 60.7 Å². The van der Waals surface area contributed by atoms with Crippen molar-refractivity contribution < 1.29 is 0 Å². The van der Waals surface area contributed by atoms with Crippen molar-refractivity contribution in [2.75, 3.05) is 5.73 Å². The van der Waals surface area contributed by atoms with Crippen LogP contribution < -0.4 is 5.73 Å². The highest BCUT2D eigenvalue weighted by molar-refractivity contribution is 5.82. The van der Waals surface area contributed by atoms with Crippen molar-refractivity contribution in [1.29, 1.82) is 0 Å². The van der Waals surface area contributed by atoms with Crippen LogP contribution in [0.25, 0.3) is 11.2 Å². The van der Waals surface area contributed by atoms with Crippen molar-refractivity contribution in [3.63, 3.8) is 0 Å². The summed E-state index contributed by atoms with van der Waals surface area (Å²) in [5.74, 6) is 0.435. The minimum absolute atomic E-state index is 0.0318. The molecule has 0 saturated carbocycles. The molecule has 5 heteroatoms. The number of aromatic nitrogens is 4. The van der Waals surface area contributed by atoms with E-state index in [9.17, 15) is 0 Å². The van der Waals surface area contributed by atoms with Crippen LogP contribution in [0.4, 0.5) is 5.82 Å². The van der Waals surface area contributed by atoms with Crippen molar-refractivity contribution in [1.82, 2.24) is 19.5 Å². The fraction of sp³-hybridized carbons (Fsp3) is 0.0556. The number of nitrogens with zero attached hydrogens (tertiary/aromatic N) is 4. The Kier molecular flexibility index (Phi) is 3.24. The topological polar surface area (TPSA) is 69.6 Å². The smallest absolute Gasteiger partial charge is 0.182 e. The predicted molar refractivity (Wildman–Crippen MR) is 89.9 cm³/mol. The standard InChI is InChI=1S/C18H15N5/c19-17-16-18(21-11-20-17)22-12-23(16)15(13-7-3-1-4-8-13)14-9-5-2-6-10-14/h1-12,15H,(H2,19,20,21). The van der Waals surface area contributed by atoms with Gasteiger partial charge in [-0.2, -0.15) is 0 Å². The van der Waals surface area contributed by atoms with Gasteiger partial charge in [0.05, 0.1) is 12.4 Å². The highest BCUT2D eigenvalue weighted by Crippen LogP contribution is 2.30. The molecule has 4 rings (SSSR count). The highest BCUT2D eigenvalue weighted by Gasteiger charge is 2.20. The highest BCUT2D eigenvalue weighted by atomic mass is 15.1. The number of imidazole rings is 1. The summed E-state index contributed by atoms with van der Waals surface area (Å²) in [6, 6.07) is 20.5. The van der Waals surface area contributed by atoms with Gasteiger partial charge in [0.25, 0.3) is 0 Å². The lowest BCUT2D eigenvalue weighted by atomic mass is 9.98. The first kappa shape index (κ1) is 13.5.